The van der Waals surface area contributed by atoms with Gasteiger partial charge in [0.1, 0.15) is 6.10 Å². The van der Waals surface area contributed by atoms with Gasteiger partial charge in [0.25, 0.3) is 0 Å². The van der Waals surface area contributed by atoms with Crippen molar-refractivity contribution >= 4 is 11.9 Å². The third kappa shape index (κ3) is 16.3. The van der Waals surface area contributed by atoms with Gasteiger partial charge in [-0.1, -0.05) is 80.2 Å². The van der Waals surface area contributed by atoms with Gasteiger partial charge < -0.3 is 35.4 Å². The number of ether oxygens (including phenoxy) is 1. The molecular weight excluding hydrogens is 528 g/mol. The Balaban J connectivity index is 2.41. The fraction of sp³-hybridized carbons (Fsp3) is 0.562. The predicted octanol–water partition coefficient (Wildman–Crippen LogP) is 3.53. The number of rotatable bonds is 17. The zero-order valence-electron chi connectivity index (χ0n) is 24.3. The molecule has 1 aliphatic rings. The minimum absolute atomic E-state index is 0.0786. The van der Waals surface area contributed by atoms with Gasteiger partial charge in [-0.05, 0) is 39.0 Å². The first kappa shape index (κ1) is 36.2. The monoisotopic (exact) mass is 576 g/mol. The molecule has 0 aromatic heterocycles. The van der Waals surface area contributed by atoms with E-state index in [1.54, 1.807) is 30.4 Å². The van der Waals surface area contributed by atoms with E-state index < -0.39 is 54.5 Å². The summed E-state index contributed by atoms with van der Waals surface area (Å²) in [5.74, 6) is -2.44. The molecule has 0 heterocycles. The summed E-state index contributed by atoms with van der Waals surface area (Å²) in [6.45, 7) is 5.66. The third-order valence-electron chi connectivity index (χ3n) is 6.84. The lowest BCUT2D eigenvalue weighted by Crippen LogP contribution is -2.39. The number of carboxylic acid groups (broad SMARTS) is 1. The predicted molar refractivity (Wildman–Crippen MR) is 158 cm³/mol. The molecule has 6 N–H and O–H groups in total. The second-order valence-corrected chi connectivity index (χ2v) is 10.6. The lowest BCUT2D eigenvalue weighted by Gasteiger charge is -2.30. The van der Waals surface area contributed by atoms with Crippen LogP contribution in [0.3, 0.4) is 0 Å². The quantitative estimate of drug-likeness (QED) is 0.0658. The zero-order valence-corrected chi connectivity index (χ0v) is 24.3. The molecule has 0 saturated heterocycles. The number of carboxylic acids is 1. The van der Waals surface area contributed by atoms with Crippen LogP contribution in [0.15, 0.2) is 72.4 Å². The van der Waals surface area contributed by atoms with Gasteiger partial charge >= 0.3 is 11.9 Å². The first-order chi connectivity index (χ1) is 19.4. The van der Waals surface area contributed by atoms with Crippen molar-refractivity contribution < 1.29 is 45.0 Å². The highest BCUT2D eigenvalue weighted by atomic mass is 16.6. The summed E-state index contributed by atoms with van der Waals surface area (Å²) in [7, 11) is 0. The summed E-state index contributed by atoms with van der Waals surface area (Å²) in [5.41, 5.74) is 0.907. The molecule has 41 heavy (non-hydrogen) atoms. The van der Waals surface area contributed by atoms with Gasteiger partial charge in [-0.25, -0.2) is 4.79 Å². The number of aliphatic hydroxyl groups excluding tert-OH is 5. The molecule has 0 aliphatic heterocycles. The van der Waals surface area contributed by atoms with Crippen LogP contribution in [0, 0.1) is 11.8 Å². The van der Waals surface area contributed by atoms with Gasteiger partial charge in [0.2, 0.25) is 0 Å². The number of allylic oxidation sites excluding steroid dienone is 9. The molecule has 9 heteroatoms. The summed E-state index contributed by atoms with van der Waals surface area (Å²) in [6.07, 6.45) is 15.6. The maximum absolute atomic E-state index is 12.0. The minimum atomic E-state index is -0.952. The van der Waals surface area contributed by atoms with Gasteiger partial charge in [0.15, 0.2) is 0 Å². The fourth-order valence-corrected chi connectivity index (χ4v) is 4.34. The number of hydrogen-bond donors (Lipinski definition) is 6. The van der Waals surface area contributed by atoms with Crippen LogP contribution in [0.1, 0.15) is 65.7 Å². The molecule has 1 fully saturated rings. The van der Waals surface area contributed by atoms with Crippen molar-refractivity contribution in [3.05, 3.63) is 72.4 Å². The largest absolute Gasteiger partial charge is 0.481 e. The topological polar surface area (TPSA) is 165 Å². The average Bonchev–Trinajstić information content (AvgIpc) is 2.90. The first-order valence-corrected chi connectivity index (χ1v) is 14.3. The van der Waals surface area contributed by atoms with E-state index in [9.17, 15) is 35.1 Å². The summed E-state index contributed by atoms with van der Waals surface area (Å²) in [6, 6.07) is 0. The molecule has 0 amide bonds. The third-order valence-corrected chi connectivity index (χ3v) is 6.84. The molecule has 0 radical (unpaired) electrons. The van der Waals surface area contributed by atoms with Gasteiger partial charge in [0, 0.05) is 24.8 Å². The number of aliphatic hydroxyl groups is 5. The second kappa shape index (κ2) is 20.1. The number of esters is 1. The Morgan fingerprint density at radius 1 is 0.902 bits per heavy atom. The van der Waals surface area contributed by atoms with Gasteiger partial charge in [0.05, 0.1) is 36.4 Å². The maximum atomic E-state index is 12.0. The van der Waals surface area contributed by atoms with Crippen LogP contribution in [0.25, 0.3) is 0 Å². The standard InChI is InChI=1S/C32H48O9/c1-4-5-14-25(33)19-26(34)20-27(35)21-29(37)23(3)13-8-6-7-11-22(2)12-9-10-15-31(38)41-30-18-24(32(39)40)16-17-28(30)36/h5-15,23-30,33-37H,4,16-21H2,1-3H3,(H,39,40)/b7-6+,12-9+,13-8+,14-5+,15-10+,22-11+. The molecule has 1 saturated carbocycles. The van der Waals surface area contributed by atoms with Crippen LogP contribution in [0.5, 0.6) is 0 Å². The SMILES string of the molecule is CC/C=C/C(O)CC(O)CC(O)CC(O)C(C)/C=C/C=C/C=C(C)/C=C/C=C/C(=O)OC1CC(C(=O)O)CCC1O. The van der Waals surface area contributed by atoms with Crippen LogP contribution in [-0.2, 0) is 14.3 Å². The lowest BCUT2D eigenvalue weighted by molar-refractivity contribution is -0.159. The number of carbonyl (C=O) groups is 2. The van der Waals surface area contributed by atoms with E-state index in [0.717, 1.165) is 12.0 Å². The Labute approximate surface area is 243 Å². The number of carbonyl (C=O) groups excluding carboxylic acids is 1. The highest BCUT2D eigenvalue weighted by Crippen LogP contribution is 2.27. The van der Waals surface area contributed by atoms with Crippen molar-refractivity contribution in [2.45, 2.75) is 102 Å². The average molecular weight is 577 g/mol. The fourth-order valence-electron chi connectivity index (χ4n) is 4.34. The minimum Gasteiger partial charge on any atom is -0.481 e. The Hall–Kier alpha value is -2.82. The van der Waals surface area contributed by atoms with E-state index in [-0.39, 0.29) is 38.0 Å². The van der Waals surface area contributed by atoms with Crippen molar-refractivity contribution in [1.29, 1.82) is 0 Å². The summed E-state index contributed by atoms with van der Waals surface area (Å²) in [4.78, 5) is 23.2. The highest BCUT2D eigenvalue weighted by Gasteiger charge is 2.34. The molecule has 0 aromatic rings. The molecule has 0 bridgehead atoms. The Morgan fingerprint density at radius 2 is 1.59 bits per heavy atom. The summed E-state index contributed by atoms with van der Waals surface area (Å²) >= 11 is 0. The van der Waals surface area contributed by atoms with Crippen LogP contribution in [-0.4, -0.2) is 79.2 Å². The van der Waals surface area contributed by atoms with Crippen LogP contribution < -0.4 is 0 Å². The van der Waals surface area contributed by atoms with Crippen molar-refractivity contribution in [1.82, 2.24) is 0 Å². The van der Waals surface area contributed by atoms with Crippen molar-refractivity contribution in [3.8, 4) is 0 Å². The summed E-state index contributed by atoms with van der Waals surface area (Å²) < 4.78 is 5.22. The van der Waals surface area contributed by atoms with Gasteiger partial charge in [-0.15, -0.1) is 0 Å². The van der Waals surface area contributed by atoms with Crippen LogP contribution in [0.4, 0.5) is 0 Å². The van der Waals surface area contributed by atoms with Crippen LogP contribution >= 0.6 is 0 Å². The molecule has 1 rings (SSSR count). The molecule has 0 spiro atoms. The molecule has 9 nitrogen and oxygen atoms in total. The van der Waals surface area contributed by atoms with Gasteiger partial charge in [-0.3, -0.25) is 4.79 Å². The lowest BCUT2D eigenvalue weighted by atomic mass is 9.85. The van der Waals surface area contributed by atoms with E-state index in [0.29, 0.717) is 6.42 Å². The van der Waals surface area contributed by atoms with Crippen molar-refractivity contribution in [2.24, 2.45) is 11.8 Å². The van der Waals surface area contributed by atoms with Gasteiger partial charge in [-0.2, -0.15) is 0 Å². The van der Waals surface area contributed by atoms with E-state index in [4.69, 9.17) is 9.84 Å². The van der Waals surface area contributed by atoms with Crippen LogP contribution in [0.2, 0.25) is 0 Å². The molecular formula is C32H48O9. The summed E-state index contributed by atoms with van der Waals surface area (Å²) in [5, 5.41) is 59.6. The van der Waals surface area contributed by atoms with E-state index in [1.165, 1.54) is 12.2 Å². The Bertz CT molecular complexity index is 962. The maximum Gasteiger partial charge on any atom is 0.331 e. The number of aliphatic carboxylic acids is 1. The van der Waals surface area contributed by atoms with Crippen molar-refractivity contribution in [2.75, 3.05) is 0 Å². The normalized spacial score (nSPS) is 24.4. The first-order valence-electron chi connectivity index (χ1n) is 14.3. The molecule has 1 aliphatic carbocycles. The molecule has 8 unspecified atom stereocenters. The molecule has 230 valence electrons. The Morgan fingerprint density at radius 3 is 2.27 bits per heavy atom. The molecule has 0 aromatic carbocycles. The van der Waals surface area contributed by atoms with E-state index in [1.807, 2.05) is 45.1 Å². The molecule has 8 atom stereocenters. The second-order valence-electron chi connectivity index (χ2n) is 10.6. The Kier molecular flexibility index (Phi) is 17.8. The van der Waals surface area contributed by atoms with E-state index >= 15 is 0 Å². The number of hydrogen-bond acceptors (Lipinski definition) is 8. The zero-order chi connectivity index (χ0) is 30.8. The van der Waals surface area contributed by atoms with Crippen molar-refractivity contribution in [3.63, 3.8) is 0 Å². The highest BCUT2D eigenvalue weighted by molar-refractivity contribution is 5.82. The van der Waals surface area contributed by atoms with E-state index in [2.05, 4.69) is 0 Å². The smallest absolute Gasteiger partial charge is 0.331 e.